The lowest BCUT2D eigenvalue weighted by Gasteiger charge is -2.30. The third-order valence-corrected chi connectivity index (χ3v) is 3.28. The van der Waals surface area contributed by atoms with Gasteiger partial charge >= 0.3 is 0 Å². The van der Waals surface area contributed by atoms with E-state index >= 15 is 0 Å². The number of ether oxygens (including phenoxy) is 1. The largest absolute Gasteiger partial charge is 0.505 e. The number of ketones is 1. The average molecular weight is 196 g/mol. The van der Waals surface area contributed by atoms with E-state index in [4.69, 9.17) is 4.74 Å². The number of allylic oxidation sites excluding steroid dienone is 2. The lowest BCUT2D eigenvalue weighted by molar-refractivity contribution is -0.120. The van der Waals surface area contributed by atoms with Gasteiger partial charge in [-0.25, -0.2) is 0 Å². The highest BCUT2D eigenvalue weighted by Gasteiger charge is 2.29. The van der Waals surface area contributed by atoms with E-state index in [1.807, 2.05) is 0 Å². The Morgan fingerprint density at radius 1 is 1.29 bits per heavy atom. The molecule has 1 unspecified atom stereocenters. The van der Waals surface area contributed by atoms with Gasteiger partial charge in [0.25, 0.3) is 0 Å². The molecule has 0 aromatic carbocycles. The molecule has 78 valence electrons. The molecule has 0 radical (unpaired) electrons. The lowest BCUT2D eigenvalue weighted by Crippen LogP contribution is -2.27. The van der Waals surface area contributed by atoms with Crippen LogP contribution in [0.4, 0.5) is 0 Å². The molecule has 2 aliphatic rings. The molecule has 1 fully saturated rings. The molecule has 0 aromatic rings. The molecule has 0 spiro atoms. The van der Waals surface area contributed by atoms with Gasteiger partial charge in [-0.15, -0.1) is 0 Å². The normalized spacial score (nSPS) is 30.1. The lowest BCUT2D eigenvalue weighted by atomic mass is 9.78. The van der Waals surface area contributed by atoms with Crippen LogP contribution in [0, 0.1) is 11.8 Å². The van der Waals surface area contributed by atoms with Crippen molar-refractivity contribution in [1.29, 1.82) is 0 Å². The van der Waals surface area contributed by atoms with Crippen molar-refractivity contribution < 1.29 is 14.6 Å². The summed E-state index contributed by atoms with van der Waals surface area (Å²) in [7, 11) is 0. The quantitative estimate of drug-likeness (QED) is 0.696. The topological polar surface area (TPSA) is 46.5 Å². The summed E-state index contributed by atoms with van der Waals surface area (Å²) in [6, 6.07) is 0. The molecule has 14 heavy (non-hydrogen) atoms. The Balaban J connectivity index is 1.96. The van der Waals surface area contributed by atoms with E-state index in [-0.39, 0.29) is 11.5 Å². The summed E-state index contributed by atoms with van der Waals surface area (Å²) in [5, 5.41) is 9.18. The molecule has 1 saturated heterocycles. The smallest absolute Gasteiger partial charge is 0.197 e. The zero-order valence-electron chi connectivity index (χ0n) is 8.24. The Morgan fingerprint density at radius 3 is 2.64 bits per heavy atom. The fourth-order valence-corrected chi connectivity index (χ4v) is 2.35. The molecule has 0 aromatic heterocycles. The summed E-state index contributed by atoms with van der Waals surface area (Å²) in [5.41, 5.74) is 0. The summed E-state index contributed by atoms with van der Waals surface area (Å²) in [6.45, 7) is 1.65. The zero-order valence-corrected chi connectivity index (χ0v) is 8.24. The maximum atomic E-state index is 11.3. The van der Waals surface area contributed by atoms with Crippen LogP contribution >= 0.6 is 0 Å². The Hall–Kier alpha value is -0.830. The molecule has 1 aliphatic heterocycles. The minimum atomic E-state index is -0.0901. The third-order valence-electron chi connectivity index (χ3n) is 3.28. The highest BCUT2D eigenvalue weighted by atomic mass is 16.5. The highest BCUT2D eigenvalue weighted by Crippen LogP contribution is 2.32. The van der Waals surface area contributed by atoms with E-state index in [1.165, 1.54) is 0 Å². The number of aliphatic hydroxyl groups excluding tert-OH is 1. The van der Waals surface area contributed by atoms with Crippen molar-refractivity contribution in [3.8, 4) is 0 Å². The third kappa shape index (κ3) is 1.98. The van der Waals surface area contributed by atoms with Gasteiger partial charge < -0.3 is 9.84 Å². The first-order valence-corrected chi connectivity index (χ1v) is 5.27. The van der Waals surface area contributed by atoms with Crippen LogP contribution in [-0.4, -0.2) is 24.1 Å². The standard InChI is InChI=1S/C11H16O3/c12-10-2-1-9(7-11(10)13)8-3-5-14-6-4-8/h2,8-9,12H,1,3-7H2. The van der Waals surface area contributed by atoms with Crippen LogP contribution in [0.3, 0.4) is 0 Å². The number of carbonyl (C=O) groups is 1. The Morgan fingerprint density at radius 2 is 2.00 bits per heavy atom. The van der Waals surface area contributed by atoms with Gasteiger partial charge in [0, 0.05) is 19.6 Å². The summed E-state index contributed by atoms with van der Waals surface area (Å²) < 4.78 is 5.29. The monoisotopic (exact) mass is 196 g/mol. The number of aliphatic hydroxyl groups is 1. The molecular weight excluding hydrogens is 180 g/mol. The van der Waals surface area contributed by atoms with Gasteiger partial charge in [-0.05, 0) is 37.2 Å². The van der Waals surface area contributed by atoms with Gasteiger partial charge in [-0.2, -0.15) is 0 Å². The minimum Gasteiger partial charge on any atom is -0.505 e. The van der Waals surface area contributed by atoms with E-state index in [0.717, 1.165) is 32.5 Å². The van der Waals surface area contributed by atoms with Crippen molar-refractivity contribution in [3.05, 3.63) is 11.8 Å². The fourth-order valence-electron chi connectivity index (χ4n) is 2.35. The van der Waals surface area contributed by atoms with Crippen LogP contribution in [-0.2, 0) is 9.53 Å². The van der Waals surface area contributed by atoms with Crippen molar-refractivity contribution in [3.63, 3.8) is 0 Å². The van der Waals surface area contributed by atoms with E-state index < -0.39 is 0 Å². The predicted molar refractivity (Wildman–Crippen MR) is 52.0 cm³/mol. The molecular formula is C11H16O3. The van der Waals surface area contributed by atoms with Crippen LogP contribution in [0.5, 0.6) is 0 Å². The molecule has 0 saturated carbocycles. The van der Waals surface area contributed by atoms with Crippen molar-refractivity contribution in [2.24, 2.45) is 11.8 Å². The average Bonchev–Trinajstić information content (AvgIpc) is 2.23. The minimum absolute atomic E-state index is 0.0340. The van der Waals surface area contributed by atoms with Crippen LogP contribution in [0.25, 0.3) is 0 Å². The Kier molecular flexibility index (Phi) is 2.87. The SMILES string of the molecule is O=C1CC(C2CCOCC2)CC=C1O. The number of carbonyl (C=O) groups excluding carboxylic acids is 1. The maximum absolute atomic E-state index is 11.3. The molecule has 1 atom stereocenters. The van der Waals surface area contributed by atoms with Crippen LogP contribution in [0.15, 0.2) is 11.8 Å². The first kappa shape index (κ1) is 9.71. The Bertz CT molecular complexity index is 251. The summed E-state index contributed by atoms with van der Waals surface area (Å²) in [6.07, 6.45) is 5.17. The Labute approximate surface area is 83.8 Å². The van der Waals surface area contributed by atoms with Gasteiger partial charge in [0.2, 0.25) is 0 Å². The van der Waals surface area contributed by atoms with Crippen LogP contribution in [0.2, 0.25) is 0 Å². The summed E-state index contributed by atoms with van der Waals surface area (Å²) in [4.78, 5) is 11.3. The van der Waals surface area contributed by atoms with Gasteiger partial charge in [-0.1, -0.05) is 0 Å². The second kappa shape index (κ2) is 4.13. The first-order chi connectivity index (χ1) is 6.77. The van der Waals surface area contributed by atoms with Crippen molar-refractivity contribution >= 4 is 5.78 Å². The van der Waals surface area contributed by atoms with Crippen molar-refractivity contribution in [2.75, 3.05) is 13.2 Å². The van der Waals surface area contributed by atoms with Gasteiger partial charge in [0.15, 0.2) is 11.5 Å². The van der Waals surface area contributed by atoms with E-state index in [1.54, 1.807) is 6.08 Å². The predicted octanol–water partition coefficient (Wildman–Crippen LogP) is 1.83. The number of hydrogen-bond acceptors (Lipinski definition) is 3. The first-order valence-electron chi connectivity index (χ1n) is 5.27. The molecule has 2 rings (SSSR count). The molecule has 1 aliphatic carbocycles. The van der Waals surface area contributed by atoms with Gasteiger partial charge in [0.1, 0.15) is 0 Å². The highest BCUT2D eigenvalue weighted by molar-refractivity contribution is 5.93. The fraction of sp³-hybridized carbons (Fsp3) is 0.727. The van der Waals surface area contributed by atoms with Gasteiger partial charge in [-0.3, -0.25) is 4.79 Å². The van der Waals surface area contributed by atoms with Gasteiger partial charge in [0.05, 0.1) is 0 Å². The summed E-state index contributed by atoms with van der Waals surface area (Å²) in [5.74, 6) is 0.917. The van der Waals surface area contributed by atoms with Crippen LogP contribution in [0.1, 0.15) is 25.7 Å². The van der Waals surface area contributed by atoms with Crippen molar-refractivity contribution in [1.82, 2.24) is 0 Å². The van der Waals surface area contributed by atoms with Crippen molar-refractivity contribution in [2.45, 2.75) is 25.7 Å². The zero-order chi connectivity index (χ0) is 9.97. The number of Topliss-reactive ketones (excluding diaryl/α,β-unsaturated/α-hetero) is 1. The molecule has 3 nitrogen and oxygen atoms in total. The second-order valence-electron chi connectivity index (χ2n) is 4.16. The molecule has 1 heterocycles. The molecule has 0 amide bonds. The molecule has 0 bridgehead atoms. The molecule has 3 heteroatoms. The molecule has 1 N–H and O–H groups in total. The van der Waals surface area contributed by atoms with E-state index in [9.17, 15) is 9.90 Å². The van der Waals surface area contributed by atoms with Crippen LogP contribution < -0.4 is 0 Å². The summed E-state index contributed by atoms with van der Waals surface area (Å²) >= 11 is 0. The van der Waals surface area contributed by atoms with E-state index in [2.05, 4.69) is 0 Å². The number of rotatable bonds is 1. The second-order valence-corrected chi connectivity index (χ2v) is 4.16. The van der Waals surface area contributed by atoms with E-state index in [0.29, 0.717) is 18.3 Å². The maximum Gasteiger partial charge on any atom is 0.197 e. The number of hydrogen-bond donors (Lipinski definition) is 1.